The van der Waals surface area contributed by atoms with Gasteiger partial charge in [0.1, 0.15) is 0 Å². The highest BCUT2D eigenvalue weighted by atomic mass is 16.3. The van der Waals surface area contributed by atoms with Crippen LogP contribution in [0.2, 0.25) is 0 Å². The van der Waals surface area contributed by atoms with Gasteiger partial charge in [-0.3, -0.25) is 4.79 Å². The molecule has 0 aliphatic heterocycles. The van der Waals surface area contributed by atoms with Crippen molar-refractivity contribution in [3.63, 3.8) is 0 Å². The molecule has 0 spiro atoms. The van der Waals surface area contributed by atoms with Gasteiger partial charge in [-0.05, 0) is 55.0 Å². The van der Waals surface area contributed by atoms with Crippen molar-refractivity contribution >= 4 is 17.6 Å². The van der Waals surface area contributed by atoms with E-state index in [1.54, 1.807) is 24.3 Å². The quantitative estimate of drug-likeness (QED) is 0.656. The van der Waals surface area contributed by atoms with Crippen LogP contribution < -0.4 is 16.0 Å². The van der Waals surface area contributed by atoms with E-state index in [-0.39, 0.29) is 18.6 Å². The Kier molecular flexibility index (Phi) is 4.58. The maximum Gasteiger partial charge on any atom is 0.320 e. The fourth-order valence-electron chi connectivity index (χ4n) is 3.64. The lowest BCUT2D eigenvalue weighted by Gasteiger charge is -2.29. The second-order valence-electron chi connectivity index (χ2n) is 7.31. The third kappa shape index (κ3) is 3.66. The maximum atomic E-state index is 12.6. The molecule has 0 aromatic heterocycles. The summed E-state index contributed by atoms with van der Waals surface area (Å²) in [5.74, 6) is -0.127. The van der Waals surface area contributed by atoms with Crippen LogP contribution in [-0.2, 0) is 12.0 Å². The number of carbonyl (C=O) groups is 2. The summed E-state index contributed by atoms with van der Waals surface area (Å²) < 4.78 is 0. The fraction of sp³-hybridized carbons (Fsp3) is 0.333. The van der Waals surface area contributed by atoms with Crippen LogP contribution in [0.15, 0.2) is 48.5 Å². The highest BCUT2D eigenvalue weighted by Crippen LogP contribution is 2.36. The fourth-order valence-corrected chi connectivity index (χ4v) is 3.64. The first-order chi connectivity index (χ1) is 13.1. The number of anilines is 1. The summed E-state index contributed by atoms with van der Waals surface area (Å²) in [5.41, 5.74) is 2.38. The third-order valence-electron chi connectivity index (χ3n) is 5.27. The highest BCUT2D eigenvalue weighted by Gasteiger charge is 2.39. The van der Waals surface area contributed by atoms with E-state index in [4.69, 9.17) is 0 Å². The summed E-state index contributed by atoms with van der Waals surface area (Å²) in [6.45, 7) is -0.165. The molecule has 1 saturated carbocycles. The van der Waals surface area contributed by atoms with Gasteiger partial charge in [0, 0.05) is 17.3 Å². The van der Waals surface area contributed by atoms with Gasteiger partial charge in [-0.25, -0.2) is 4.79 Å². The Hall–Kier alpha value is -2.86. The summed E-state index contributed by atoms with van der Waals surface area (Å²) in [6, 6.07) is 14.6. The lowest BCUT2D eigenvalue weighted by Crippen LogP contribution is -2.48. The van der Waals surface area contributed by atoms with Crippen LogP contribution in [0.3, 0.4) is 0 Å². The van der Waals surface area contributed by atoms with Crippen LogP contribution in [0.5, 0.6) is 0 Å². The molecule has 2 aromatic carbocycles. The van der Waals surface area contributed by atoms with E-state index in [9.17, 15) is 14.7 Å². The van der Waals surface area contributed by atoms with Crippen molar-refractivity contribution in [2.75, 3.05) is 11.9 Å². The summed E-state index contributed by atoms with van der Waals surface area (Å²) in [6.07, 6.45) is 3.52. The smallest absolute Gasteiger partial charge is 0.320 e. The minimum atomic E-state index is -0.776. The minimum absolute atomic E-state index is 0.127. The van der Waals surface area contributed by atoms with Crippen LogP contribution >= 0.6 is 0 Å². The molecule has 1 unspecified atom stereocenters. The standard InChI is InChI=1S/C21H23N3O3/c25-13-21(11-10-14-4-1-2-7-18(14)21)24-20(27)23-17-6-3-5-15(12-17)19(26)22-16-8-9-16/h1-7,12,16,25H,8-11,13H2,(H,22,26)(H2,23,24,27). The number of nitrogens with one attached hydrogen (secondary N) is 3. The SMILES string of the molecule is O=C(Nc1cccc(C(=O)NC2CC2)c1)NC1(CO)CCc2ccccc21. The first-order valence-corrected chi connectivity index (χ1v) is 9.29. The molecule has 2 aromatic rings. The molecule has 0 radical (unpaired) electrons. The maximum absolute atomic E-state index is 12.6. The first-order valence-electron chi connectivity index (χ1n) is 9.29. The topological polar surface area (TPSA) is 90.5 Å². The molecule has 0 heterocycles. The number of fused-ring (bicyclic) bond motifs is 1. The summed E-state index contributed by atoms with van der Waals surface area (Å²) in [4.78, 5) is 24.8. The number of aryl methyl sites for hydroxylation is 1. The number of amides is 3. The molecule has 4 N–H and O–H groups in total. The molecular formula is C21H23N3O3. The van der Waals surface area contributed by atoms with Crippen LogP contribution in [0.25, 0.3) is 0 Å². The zero-order valence-corrected chi connectivity index (χ0v) is 15.0. The Labute approximate surface area is 158 Å². The monoisotopic (exact) mass is 365 g/mol. The molecule has 6 nitrogen and oxygen atoms in total. The molecule has 1 fully saturated rings. The van der Waals surface area contributed by atoms with Crippen molar-refractivity contribution in [2.45, 2.75) is 37.3 Å². The molecular weight excluding hydrogens is 342 g/mol. The summed E-state index contributed by atoms with van der Waals surface area (Å²) in [5, 5.41) is 18.6. The van der Waals surface area contributed by atoms with E-state index in [0.29, 0.717) is 17.7 Å². The van der Waals surface area contributed by atoms with E-state index in [0.717, 1.165) is 30.4 Å². The van der Waals surface area contributed by atoms with Gasteiger partial charge in [-0.1, -0.05) is 30.3 Å². The molecule has 1 atom stereocenters. The van der Waals surface area contributed by atoms with Gasteiger partial charge in [0.05, 0.1) is 12.1 Å². The zero-order chi connectivity index (χ0) is 18.9. The minimum Gasteiger partial charge on any atom is -0.394 e. The van der Waals surface area contributed by atoms with Gasteiger partial charge >= 0.3 is 6.03 Å². The van der Waals surface area contributed by atoms with Gasteiger partial charge in [-0.2, -0.15) is 0 Å². The number of benzene rings is 2. The first kappa shape index (κ1) is 17.5. The molecule has 2 aliphatic carbocycles. The second-order valence-corrected chi connectivity index (χ2v) is 7.31. The normalized spacial score (nSPS) is 20.6. The van der Waals surface area contributed by atoms with Crippen LogP contribution in [0.4, 0.5) is 10.5 Å². The Morgan fingerprint density at radius 1 is 1.11 bits per heavy atom. The number of hydrogen-bond acceptors (Lipinski definition) is 3. The molecule has 27 heavy (non-hydrogen) atoms. The van der Waals surface area contributed by atoms with Crippen molar-refractivity contribution < 1.29 is 14.7 Å². The number of carbonyl (C=O) groups excluding carboxylic acids is 2. The number of hydrogen-bond donors (Lipinski definition) is 4. The molecule has 6 heteroatoms. The van der Waals surface area contributed by atoms with Gasteiger partial charge in [0.2, 0.25) is 0 Å². The zero-order valence-electron chi connectivity index (χ0n) is 15.0. The number of urea groups is 1. The van der Waals surface area contributed by atoms with Crippen molar-refractivity contribution in [3.8, 4) is 0 Å². The van der Waals surface area contributed by atoms with Gasteiger partial charge in [0.15, 0.2) is 0 Å². The van der Waals surface area contributed by atoms with Gasteiger partial charge in [-0.15, -0.1) is 0 Å². The average molecular weight is 365 g/mol. The summed E-state index contributed by atoms with van der Waals surface area (Å²) in [7, 11) is 0. The molecule has 4 rings (SSSR count). The van der Waals surface area contributed by atoms with E-state index in [1.165, 1.54) is 0 Å². The van der Waals surface area contributed by atoms with E-state index in [2.05, 4.69) is 16.0 Å². The number of aliphatic hydroxyl groups excluding tert-OH is 1. The van der Waals surface area contributed by atoms with Crippen LogP contribution in [0, 0.1) is 0 Å². The van der Waals surface area contributed by atoms with E-state index < -0.39 is 11.6 Å². The van der Waals surface area contributed by atoms with Crippen LogP contribution in [0.1, 0.15) is 40.7 Å². The molecule has 2 aliphatic rings. The third-order valence-corrected chi connectivity index (χ3v) is 5.27. The summed E-state index contributed by atoms with van der Waals surface area (Å²) >= 11 is 0. The second kappa shape index (κ2) is 7.04. The lowest BCUT2D eigenvalue weighted by atomic mass is 9.93. The molecule has 140 valence electrons. The molecule has 0 saturated heterocycles. The predicted octanol–water partition coefficient (Wildman–Crippen LogP) is 2.53. The van der Waals surface area contributed by atoms with Gasteiger partial charge < -0.3 is 21.1 Å². The Morgan fingerprint density at radius 3 is 2.70 bits per heavy atom. The largest absolute Gasteiger partial charge is 0.394 e. The molecule has 0 bridgehead atoms. The van der Waals surface area contributed by atoms with Crippen molar-refractivity contribution in [2.24, 2.45) is 0 Å². The number of aliphatic hydroxyl groups is 1. The Balaban J connectivity index is 1.45. The Bertz CT molecular complexity index is 878. The number of rotatable bonds is 5. The molecule has 3 amide bonds. The highest BCUT2D eigenvalue weighted by molar-refractivity contribution is 5.97. The van der Waals surface area contributed by atoms with E-state index in [1.807, 2.05) is 24.3 Å². The van der Waals surface area contributed by atoms with Crippen molar-refractivity contribution in [3.05, 3.63) is 65.2 Å². The van der Waals surface area contributed by atoms with Crippen molar-refractivity contribution in [1.29, 1.82) is 0 Å². The van der Waals surface area contributed by atoms with Crippen LogP contribution in [-0.4, -0.2) is 29.7 Å². The Morgan fingerprint density at radius 2 is 1.93 bits per heavy atom. The average Bonchev–Trinajstić information content (AvgIpc) is 3.42. The van der Waals surface area contributed by atoms with Gasteiger partial charge in [0.25, 0.3) is 5.91 Å². The van der Waals surface area contributed by atoms with E-state index >= 15 is 0 Å². The lowest BCUT2D eigenvalue weighted by molar-refractivity contribution is 0.0951. The van der Waals surface area contributed by atoms with Crippen molar-refractivity contribution in [1.82, 2.24) is 10.6 Å². The predicted molar refractivity (Wildman–Crippen MR) is 103 cm³/mol.